The molecule has 5 nitrogen and oxygen atoms in total. The Hall–Kier alpha value is -2.92. The van der Waals surface area contributed by atoms with Crippen molar-refractivity contribution in [3.05, 3.63) is 64.9 Å². The molecular weight excluding hydrogens is 398 g/mol. The number of aromatic nitrogens is 2. The summed E-state index contributed by atoms with van der Waals surface area (Å²) in [5.41, 5.74) is 4.01. The Morgan fingerprint density at radius 3 is 2.70 bits per heavy atom. The number of rotatable bonds is 7. The van der Waals surface area contributed by atoms with Crippen molar-refractivity contribution >= 4 is 28.3 Å². The fourth-order valence-corrected chi connectivity index (χ4v) is 3.46. The minimum Gasteiger partial charge on any atom is -0.493 e. The van der Waals surface area contributed by atoms with E-state index in [1.54, 1.807) is 0 Å². The molecular formula is C24H26ClN3O2. The number of fused-ring (bicyclic) bond motifs is 1. The van der Waals surface area contributed by atoms with E-state index in [0.717, 1.165) is 39.6 Å². The molecule has 0 saturated heterocycles. The van der Waals surface area contributed by atoms with Crippen molar-refractivity contribution in [2.45, 2.75) is 20.3 Å². The van der Waals surface area contributed by atoms with Crippen LogP contribution in [0.2, 0.25) is 5.02 Å². The summed E-state index contributed by atoms with van der Waals surface area (Å²) in [6, 6.07) is 15.8. The van der Waals surface area contributed by atoms with Crippen LogP contribution in [0.5, 0.6) is 5.75 Å². The van der Waals surface area contributed by atoms with Crippen LogP contribution < -0.4 is 9.64 Å². The molecule has 1 N–H and O–H groups in total. The maximum absolute atomic E-state index is 6.22. The van der Waals surface area contributed by atoms with Crippen molar-refractivity contribution < 1.29 is 9.15 Å². The van der Waals surface area contributed by atoms with E-state index in [0.29, 0.717) is 29.7 Å². The Balaban J connectivity index is 1.58. The number of furan rings is 1. The van der Waals surface area contributed by atoms with Crippen LogP contribution in [0.3, 0.4) is 0 Å². The van der Waals surface area contributed by atoms with Gasteiger partial charge in [-0.1, -0.05) is 25.4 Å². The minimum absolute atomic E-state index is 0.449. The average molecular weight is 424 g/mol. The second kappa shape index (κ2) is 8.44. The van der Waals surface area contributed by atoms with Crippen LogP contribution in [-0.4, -0.2) is 30.7 Å². The summed E-state index contributed by atoms with van der Waals surface area (Å²) >= 11 is 6.22. The zero-order valence-corrected chi connectivity index (χ0v) is 18.5. The lowest BCUT2D eigenvalue weighted by Gasteiger charge is -2.13. The third-order valence-corrected chi connectivity index (χ3v) is 5.07. The van der Waals surface area contributed by atoms with Gasteiger partial charge >= 0.3 is 0 Å². The number of imidazole rings is 1. The lowest BCUT2D eigenvalue weighted by molar-refractivity contribution is 0.268. The van der Waals surface area contributed by atoms with Crippen LogP contribution in [0.15, 0.2) is 52.9 Å². The van der Waals surface area contributed by atoms with Crippen LogP contribution in [0.25, 0.3) is 22.6 Å². The molecule has 30 heavy (non-hydrogen) atoms. The van der Waals surface area contributed by atoms with Gasteiger partial charge in [0, 0.05) is 36.8 Å². The highest BCUT2D eigenvalue weighted by Crippen LogP contribution is 2.29. The third-order valence-electron chi connectivity index (χ3n) is 4.84. The largest absolute Gasteiger partial charge is 0.493 e. The Kier molecular flexibility index (Phi) is 5.73. The molecule has 0 atom stereocenters. The molecule has 2 heterocycles. The van der Waals surface area contributed by atoms with Gasteiger partial charge < -0.3 is 19.0 Å². The Morgan fingerprint density at radius 2 is 1.93 bits per heavy atom. The normalized spacial score (nSPS) is 11.4. The molecule has 156 valence electrons. The number of nitrogens with zero attached hydrogens (tertiary/aromatic N) is 2. The summed E-state index contributed by atoms with van der Waals surface area (Å²) in [6.45, 7) is 4.92. The van der Waals surface area contributed by atoms with Gasteiger partial charge in [-0.25, -0.2) is 4.98 Å². The smallest absolute Gasteiger partial charge is 0.174 e. The average Bonchev–Trinajstić information content (AvgIpc) is 3.33. The summed E-state index contributed by atoms with van der Waals surface area (Å²) in [5, 5.41) is 0.683. The van der Waals surface area contributed by atoms with E-state index < -0.39 is 0 Å². The molecule has 0 aliphatic rings. The van der Waals surface area contributed by atoms with Gasteiger partial charge in [-0.2, -0.15) is 0 Å². The molecule has 0 fully saturated rings. The molecule has 0 aliphatic carbocycles. The highest BCUT2D eigenvalue weighted by molar-refractivity contribution is 6.30. The predicted octanol–water partition coefficient (Wildman–Crippen LogP) is 6.17. The van der Waals surface area contributed by atoms with Gasteiger partial charge in [0.1, 0.15) is 11.5 Å². The van der Waals surface area contributed by atoms with E-state index in [1.807, 2.05) is 50.5 Å². The predicted molar refractivity (Wildman–Crippen MR) is 123 cm³/mol. The van der Waals surface area contributed by atoms with Gasteiger partial charge in [0.25, 0.3) is 0 Å². The van der Waals surface area contributed by atoms with Crippen molar-refractivity contribution in [2.75, 3.05) is 25.6 Å². The van der Waals surface area contributed by atoms with Crippen LogP contribution in [0.1, 0.15) is 25.2 Å². The van der Waals surface area contributed by atoms with E-state index in [-0.39, 0.29) is 0 Å². The molecule has 0 spiro atoms. The van der Waals surface area contributed by atoms with E-state index in [4.69, 9.17) is 20.8 Å². The summed E-state index contributed by atoms with van der Waals surface area (Å²) in [7, 11) is 4.04. The topological polar surface area (TPSA) is 54.3 Å². The molecule has 0 unspecified atom stereocenters. The molecule has 2 aromatic heterocycles. The van der Waals surface area contributed by atoms with Gasteiger partial charge in [-0.15, -0.1) is 0 Å². The van der Waals surface area contributed by atoms with Crippen molar-refractivity contribution in [3.63, 3.8) is 0 Å². The number of H-pyrrole nitrogens is 1. The molecule has 4 rings (SSSR count). The SMILES string of the molecule is CC(C)COc1ccc(Cl)cc1Cc1ccc(-c2nc3ccc(N(C)C)cc3[nH]2)o1. The zero-order chi connectivity index (χ0) is 21.3. The quantitative estimate of drug-likeness (QED) is 0.386. The van der Waals surface area contributed by atoms with Gasteiger partial charge in [0.15, 0.2) is 11.6 Å². The van der Waals surface area contributed by atoms with Crippen LogP contribution in [-0.2, 0) is 6.42 Å². The highest BCUT2D eigenvalue weighted by atomic mass is 35.5. The summed E-state index contributed by atoms with van der Waals surface area (Å²) in [5.74, 6) is 3.54. The molecule has 6 heteroatoms. The van der Waals surface area contributed by atoms with Gasteiger partial charge in [0.2, 0.25) is 0 Å². The van der Waals surface area contributed by atoms with Crippen molar-refractivity contribution in [3.8, 4) is 17.3 Å². The number of aromatic amines is 1. The third kappa shape index (κ3) is 4.46. The van der Waals surface area contributed by atoms with E-state index in [9.17, 15) is 0 Å². The van der Waals surface area contributed by atoms with E-state index in [1.165, 1.54) is 0 Å². The number of hydrogen-bond donors (Lipinski definition) is 1. The summed E-state index contributed by atoms with van der Waals surface area (Å²) in [4.78, 5) is 10.1. The molecule has 0 bridgehead atoms. The Labute approximate surface area is 181 Å². The molecule has 2 aromatic carbocycles. The Bertz CT molecular complexity index is 1160. The molecule has 0 aliphatic heterocycles. The first kappa shape index (κ1) is 20.4. The number of ether oxygens (including phenoxy) is 1. The fraction of sp³-hybridized carbons (Fsp3) is 0.292. The number of anilines is 1. The first-order valence-corrected chi connectivity index (χ1v) is 10.4. The van der Waals surface area contributed by atoms with E-state index in [2.05, 4.69) is 40.8 Å². The van der Waals surface area contributed by atoms with Gasteiger partial charge in [0.05, 0.1) is 17.6 Å². The van der Waals surface area contributed by atoms with Gasteiger partial charge in [-0.05, 0) is 54.4 Å². The first-order chi connectivity index (χ1) is 14.4. The first-order valence-electron chi connectivity index (χ1n) is 10.1. The Morgan fingerprint density at radius 1 is 1.10 bits per heavy atom. The number of halogens is 1. The minimum atomic E-state index is 0.449. The number of hydrogen-bond acceptors (Lipinski definition) is 4. The van der Waals surface area contributed by atoms with Crippen LogP contribution >= 0.6 is 11.6 Å². The van der Waals surface area contributed by atoms with Crippen LogP contribution in [0.4, 0.5) is 5.69 Å². The van der Waals surface area contributed by atoms with Crippen molar-refractivity contribution in [1.29, 1.82) is 0 Å². The molecule has 0 radical (unpaired) electrons. The van der Waals surface area contributed by atoms with Crippen molar-refractivity contribution in [2.24, 2.45) is 5.92 Å². The van der Waals surface area contributed by atoms with Crippen molar-refractivity contribution in [1.82, 2.24) is 9.97 Å². The summed E-state index contributed by atoms with van der Waals surface area (Å²) in [6.07, 6.45) is 0.596. The standard InChI is InChI=1S/C24H26ClN3O2/c1-15(2)14-29-22-9-5-17(25)11-16(22)12-19-7-10-23(30-19)24-26-20-8-6-18(28(3)4)13-21(20)27-24/h5-11,13,15H,12,14H2,1-4H3,(H,26,27). The molecule has 0 saturated carbocycles. The van der Waals surface area contributed by atoms with Gasteiger partial charge in [-0.3, -0.25) is 0 Å². The zero-order valence-electron chi connectivity index (χ0n) is 17.7. The summed E-state index contributed by atoms with van der Waals surface area (Å²) < 4.78 is 12.1. The maximum Gasteiger partial charge on any atom is 0.174 e. The molecule has 0 amide bonds. The fourth-order valence-electron chi connectivity index (χ4n) is 3.26. The number of benzene rings is 2. The second-order valence-corrected chi connectivity index (χ2v) is 8.52. The lowest BCUT2D eigenvalue weighted by atomic mass is 10.1. The molecule has 4 aromatic rings. The monoisotopic (exact) mass is 423 g/mol. The highest BCUT2D eigenvalue weighted by Gasteiger charge is 2.13. The lowest BCUT2D eigenvalue weighted by Crippen LogP contribution is -2.07. The maximum atomic E-state index is 6.22. The van der Waals surface area contributed by atoms with E-state index >= 15 is 0 Å². The number of nitrogens with one attached hydrogen (secondary N) is 1. The second-order valence-electron chi connectivity index (χ2n) is 8.08. The van der Waals surface area contributed by atoms with Crippen LogP contribution in [0, 0.1) is 5.92 Å².